The Kier molecular flexibility index (Phi) is 8.18. The normalized spacial score (nSPS) is 14.5. The first kappa shape index (κ1) is 28.1. The fourth-order valence-corrected chi connectivity index (χ4v) is 4.45. The first-order valence-electron chi connectivity index (χ1n) is 13.6. The average molecular weight is 557 g/mol. The Bertz CT molecular complexity index is 1480. The van der Waals surface area contributed by atoms with Gasteiger partial charge in [0.2, 0.25) is 0 Å². The minimum Gasteiger partial charge on any atom is -0.359 e. The van der Waals surface area contributed by atoms with Gasteiger partial charge in [0.25, 0.3) is 5.91 Å². The Morgan fingerprint density at radius 2 is 1.61 bits per heavy atom. The SMILES string of the molecule is CN1CCN(Cc2ccc(C(=O)Nc3cc(-c4ccc(NC(=O)Nc5cc(C(C)(C)C)on5)cc4)[nH]n3)cc2)CC1. The molecule has 2 aromatic heterocycles. The third kappa shape index (κ3) is 7.38. The molecule has 5 rings (SSSR count). The summed E-state index contributed by atoms with van der Waals surface area (Å²) in [6.07, 6.45) is 0. The first-order valence-corrected chi connectivity index (χ1v) is 13.6. The van der Waals surface area contributed by atoms with Crippen molar-refractivity contribution in [2.24, 2.45) is 0 Å². The molecule has 1 aliphatic rings. The van der Waals surface area contributed by atoms with Gasteiger partial charge in [0.05, 0.1) is 5.69 Å². The Labute approximate surface area is 239 Å². The second-order valence-corrected chi connectivity index (χ2v) is 11.4. The van der Waals surface area contributed by atoms with E-state index in [2.05, 4.69) is 48.2 Å². The van der Waals surface area contributed by atoms with Crippen LogP contribution in [0.5, 0.6) is 0 Å². The number of nitrogens with one attached hydrogen (secondary N) is 4. The van der Waals surface area contributed by atoms with E-state index in [0.717, 1.165) is 44.0 Å². The standard InChI is InChI=1S/C30H36N8O3/c1-30(2,3)25-18-27(36-41-25)33-29(40)31-23-11-9-21(10-12-23)24-17-26(35-34-24)32-28(39)22-7-5-20(6-8-22)19-38-15-13-37(4)14-16-38/h5-12,17-18H,13-16,19H2,1-4H3,(H2,31,33,36,40)(H2,32,34,35,39). The van der Waals surface area contributed by atoms with Gasteiger partial charge in [0.15, 0.2) is 11.6 Å². The lowest BCUT2D eigenvalue weighted by molar-refractivity contribution is 0.102. The van der Waals surface area contributed by atoms with Crippen LogP contribution >= 0.6 is 0 Å². The van der Waals surface area contributed by atoms with Gasteiger partial charge < -0.3 is 20.1 Å². The first-order chi connectivity index (χ1) is 19.6. The predicted octanol–water partition coefficient (Wildman–Crippen LogP) is 5.01. The van der Waals surface area contributed by atoms with Crippen molar-refractivity contribution < 1.29 is 14.1 Å². The smallest absolute Gasteiger partial charge is 0.324 e. The van der Waals surface area contributed by atoms with Gasteiger partial charge in [-0.1, -0.05) is 50.2 Å². The number of urea groups is 1. The van der Waals surface area contributed by atoms with E-state index in [1.54, 1.807) is 24.3 Å². The number of benzene rings is 2. The molecular weight excluding hydrogens is 520 g/mol. The third-order valence-electron chi connectivity index (χ3n) is 6.98. The summed E-state index contributed by atoms with van der Waals surface area (Å²) in [7, 11) is 2.15. The zero-order chi connectivity index (χ0) is 29.0. The highest BCUT2D eigenvalue weighted by Gasteiger charge is 2.20. The number of nitrogens with zero attached hydrogens (tertiary/aromatic N) is 4. The van der Waals surface area contributed by atoms with Crippen molar-refractivity contribution in [2.45, 2.75) is 32.7 Å². The molecule has 0 saturated carbocycles. The van der Waals surface area contributed by atoms with E-state index in [1.807, 2.05) is 57.2 Å². The number of likely N-dealkylation sites (N-methyl/N-ethyl adjacent to an activating group) is 1. The summed E-state index contributed by atoms with van der Waals surface area (Å²) in [5.41, 5.74) is 3.75. The highest BCUT2D eigenvalue weighted by Crippen LogP contribution is 2.25. The van der Waals surface area contributed by atoms with Crippen molar-refractivity contribution >= 4 is 29.3 Å². The van der Waals surface area contributed by atoms with Crippen LogP contribution in [-0.4, -0.2) is 70.3 Å². The maximum Gasteiger partial charge on any atom is 0.324 e. The minimum absolute atomic E-state index is 0.204. The monoisotopic (exact) mass is 556 g/mol. The van der Waals surface area contributed by atoms with E-state index >= 15 is 0 Å². The summed E-state index contributed by atoms with van der Waals surface area (Å²) in [5, 5.41) is 19.4. The minimum atomic E-state index is -0.426. The number of piperazine rings is 1. The molecule has 4 aromatic rings. The quantitative estimate of drug-likeness (QED) is 0.252. The molecule has 1 fully saturated rings. The van der Waals surface area contributed by atoms with Gasteiger partial charge in [-0.05, 0) is 42.4 Å². The van der Waals surface area contributed by atoms with E-state index in [9.17, 15) is 9.59 Å². The number of carbonyl (C=O) groups excluding carboxylic acids is 2. The number of rotatable bonds is 7. The fourth-order valence-electron chi connectivity index (χ4n) is 4.45. The van der Waals surface area contributed by atoms with Crippen LogP contribution in [0.25, 0.3) is 11.3 Å². The topological polar surface area (TPSA) is 131 Å². The number of aromatic amines is 1. The summed E-state index contributed by atoms with van der Waals surface area (Å²) < 4.78 is 5.30. The maximum atomic E-state index is 12.8. The lowest BCUT2D eigenvalue weighted by Gasteiger charge is -2.32. The highest BCUT2D eigenvalue weighted by molar-refractivity contribution is 6.04. The van der Waals surface area contributed by atoms with E-state index in [-0.39, 0.29) is 11.3 Å². The lowest BCUT2D eigenvalue weighted by Crippen LogP contribution is -2.43. The van der Waals surface area contributed by atoms with Crippen LogP contribution < -0.4 is 16.0 Å². The van der Waals surface area contributed by atoms with Gasteiger partial charge in [-0.15, -0.1) is 0 Å². The van der Waals surface area contributed by atoms with Crippen LogP contribution in [0.4, 0.5) is 22.1 Å². The number of hydrogen-bond donors (Lipinski definition) is 4. The summed E-state index contributed by atoms with van der Waals surface area (Å²) in [4.78, 5) is 29.9. The van der Waals surface area contributed by atoms with Gasteiger partial charge in [-0.3, -0.25) is 20.1 Å². The van der Waals surface area contributed by atoms with Crippen molar-refractivity contribution in [2.75, 3.05) is 49.2 Å². The molecule has 3 heterocycles. The van der Waals surface area contributed by atoms with E-state index in [0.29, 0.717) is 28.6 Å². The van der Waals surface area contributed by atoms with Crippen LogP contribution in [0.2, 0.25) is 0 Å². The Morgan fingerprint density at radius 3 is 2.27 bits per heavy atom. The summed E-state index contributed by atoms with van der Waals surface area (Å²) in [5.74, 6) is 1.23. The van der Waals surface area contributed by atoms with E-state index < -0.39 is 6.03 Å². The molecular formula is C30H36N8O3. The van der Waals surface area contributed by atoms with Crippen LogP contribution in [0.3, 0.4) is 0 Å². The van der Waals surface area contributed by atoms with Crippen LogP contribution in [-0.2, 0) is 12.0 Å². The number of hydrogen-bond acceptors (Lipinski definition) is 7. The van der Waals surface area contributed by atoms with Crippen molar-refractivity contribution in [1.29, 1.82) is 0 Å². The zero-order valence-electron chi connectivity index (χ0n) is 23.8. The second kappa shape index (κ2) is 11.9. The number of H-pyrrole nitrogens is 1. The molecule has 214 valence electrons. The third-order valence-corrected chi connectivity index (χ3v) is 6.98. The van der Waals surface area contributed by atoms with Crippen molar-refractivity contribution in [3.63, 3.8) is 0 Å². The molecule has 1 aliphatic heterocycles. The highest BCUT2D eigenvalue weighted by atomic mass is 16.5. The molecule has 4 N–H and O–H groups in total. The largest absolute Gasteiger partial charge is 0.359 e. The summed E-state index contributed by atoms with van der Waals surface area (Å²) >= 11 is 0. The summed E-state index contributed by atoms with van der Waals surface area (Å²) in [6.45, 7) is 11.2. The number of carbonyl (C=O) groups is 2. The lowest BCUT2D eigenvalue weighted by atomic mass is 9.93. The molecule has 3 amide bonds. The second-order valence-electron chi connectivity index (χ2n) is 11.4. The van der Waals surface area contributed by atoms with Gasteiger partial charge in [-0.2, -0.15) is 5.10 Å². The maximum absolute atomic E-state index is 12.8. The molecule has 2 aromatic carbocycles. The Morgan fingerprint density at radius 1 is 0.902 bits per heavy atom. The average Bonchev–Trinajstić information content (AvgIpc) is 3.61. The molecule has 0 spiro atoms. The molecule has 0 aliphatic carbocycles. The van der Waals surface area contributed by atoms with Gasteiger partial charge in [-0.25, -0.2) is 4.79 Å². The molecule has 11 nitrogen and oxygen atoms in total. The van der Waals surface area contributed by atoms with Gasteiger partial charge in [0, 0.05) is 61.5 Å². The van der Waals surface area contributed by atoms with Crippen LogP contribution in [0.15, 0.2) is 65.2 Å². The van der Waals surface area contributed by atoms with Crippen LogP contribution in [0.1, 0.15) is 42.5 Å². The number of anilines is 3. The number of amides is 3. The fraction of sp³-hybridized carbons (Fsp3) is 0.333. The Hall–Kier alpha value is -4.48. The van der Waals surface area contributed by atoms with Gasteiger partial charge >= 0.3 is 6.03 Å². The van der Waals surface area contributed by atoms with E-state index in [4.69, 9.17) is 4.52 Å². The van der Waals surface area contributed by atoms with Crippen molar-refractivity contribution in [1.82, 2.24) is 25.2 Å². The molecule has 0 bridgehead atoms. The molecule has 0 unspecified atom stereocenters. The van der Waals surface area contributed by atoms with Crippen molar-refractivity contribution in [3.8, 4) is 11.3 Å². The Balaban J connectivity index is 1.12. The van der Waals surface area contributed by atoms with Crippen molar-refractivity contribution in [3.05, 3.63) is 77.6 Å². The zero-order valence-corrected chi connectivity index (χ0v) is 23.8. The predicted molar refractivity (Wildman–Crippen MR) is 159 cm³/mol. The summed E-state index contributed by atoms with van der Waals surface area (Å²) in [6, 6.07) is 18.0. The van der Waals surface area contributed by atoms with Crippen LogP contribution in [0, 0.1) is 0 Å². The van der Waals surface area contributed by atoms with E-state index in [1.165, 1.54) is 5.56 Å². The molecule has 0 atom stereocenters. The number of aromatic nitrogens is 3. The molecule has 41 heavy (non-hydrogen) atoms. The molecule has 1 saturated heterocycles. The molecule has 11 heteroatoms. The van der Waals surface area contributed by atoms with Gasteiger partial charge in [0.1, 0.15) is 5.76 Å². The molecule has 0 radical (unpaired) electrons.